The second-order valence-corrected chi connectivity index (χ2v) is 6.49. The molecule has 1 aromatic rings. The van der Waals surface area contributed by atoms with Crippen molar-refractivity contribution in [2.45, 2.75) is 13.0 Å². The van der Waals surface area contributed by atoms with E-state index < -0.39 is 5.92 Å². The maximum Gasteiger partial charge on any atom is 0.234 e. The van der Waals surface area contributed by atoms with Gasteiger partial charge < -0.3 is 9.80 Å². The molecule has 2 unspecified atom stereocenters. The number of amidine groups is 1. The fraction of sp³-hybridized carbons (Fsp3) is 0.471. The van der Waals surface area contributed by atoms with Gasteiger partial charge in [0.2, 0.25) is 5.91 Å². The van der Waals surface area contributed by atoms with E-state index in [1.165, 1.54) is 0 Å². The van der Waals surface area contributed by atoms with Crippen LogP contribution in [0.1, 0.15) is 12.5 Å². The largest absolute Gasteiger partial charge is 0.339 e. The molecule has 1 amide bonds. The number of hydrogen-bond donors (Lipinski definition) is 0. The quantitative estimate of drug-likeness (QED) is 0.830. The van der Waals surface area contributed by atoms with Gasteiger partial charge in [-0.25, -0.2) is 4.99 Å². The summed E-state index contributed by atoms with van der Waals surface area (Å²) in [5, 5.41) is 0.343. The van der Waals surface area contributed by atoms with E-state index in [0.29, 0.717) is 11.0 Å². The molecule has 5 nitrogen and oxygen atoms in total. The molecular formula is C17H21ClN4O. The zero-order chi connectivity index (χ0) is 16.4. The van der Waals surface area contributed by atoms with Crippen molar-refractivity contribution in [2.75, 3.05) is 33.2 Å². The molecule has 6 heteroatoms. The summed E-state index contributed by atoms with van der Waals surface area (Å²) in [4.78, 5) is 25.9. The first kappa shape index (κ1) is 16.1. The van der Waals surface area contributed by atoms with Gasteiger partial charge in [0.1, 0.15) is 11.1 Å². The number of benzene rings is 1. The minimum absolute atomic E-state index is 0.0372. The van der Waals surface area contributed by atoms with Crippen LogP contribution in [0, 0.1) is 5.92 Å². The van der Waals surface area contributed by atoms with E-state index in [4.69, 9.17) is 11.6 Å². The fourth-order valence-electron chi connectivity index (χ4n) is 2.92. The lowest BCUT2D eigenvalue weighted by atomic mass is 9.98. The van der Waals surface area contributed by atoms with Crippen LogP contribution in [0.2, 0.25) is 0 Å². The number of piperazine rings is 1. The highest BCUT2D eigenvalue weighted by Gasteiger charge is 2.36. The minimum Gasteiger partial charge on any atom is -0.339 e. The summed E-state index contributed by atoms with van der Waals surface area (Å²) in [6.45, 7) is 5.18. The molecule has 2 aliphatic rings. The normalized spacial score (nSPS) is 25.8. The molecule has 0 aromatic heterocycles. The number of hydrogen-bond acceptors (Lipinski definition) is 4. The SMILES string of the molecule is CC1N=C(c2ccccc2)N=C(Cl)C1C(=O)N1CCN(C)CC1. The number of carbonyl (C=O) groups excluding carboxylic acids is 1. The van der Waals surface area contributed by atoms with Crippen LogP contribution in [0.3, 0.4) is 0 Å². The van der Waals surface area contributed by atoms with Gasteiger partial charge in [-0.15, -0.1) is 0 Å². The van der Waals surface area contributed by atoms with Crippen molar-refractivity contribution in [2.24, 2.45) is 15.9 Å². The van der Waals surface area contributed by atoms with Gasteiger partial charge in [0.05, 0.1) is 6.04 Å². The number of likely N-dealkylation sites (N-methyl/N-ethyl adjacent to an activating group) is 1. The van der Waals surface area contributed by atoms with Gasteiger partial charge in [-0.05, 0) is 14.0 Å². The molecule has 23 heavy (non-hydrogen) atoms. The Morgan fingerprint density at radius 3 is 2.43 bits per heavy atom. The molecule has 2 atom stereocenters. The zero-order valence-corrected chi connectivity index (χ0v) is 14.2. The number of amides is 1. The highest BCUT2D eigenvalue weighted by atomic mass is 35.5. The van der Waals surface area contributed by atoms with E-state index in [1.807, 2.05) is 42.2 Å². The lowest BCUT2D eigenvalue weighted by Gasteiger charge is -2.35. The van der Waals surface area contributed by atoms with Crippen molar-refractivity contribution >= 4 is 28.5 Å². The minimum atomic E-state index is -0.465. The third-order valence-electron chi connectivity index (χ3n) is 4.39. The first-order valence-electron chi connectivity index (χ1n) is 7.91. The van der Waals surface area contributed by atoms with Gasteiger partial charge >= 0.3 is 0 Å². The first-order valence-corrected chi connectivity index (χ1v) is 8.28. The van der Waals surface area contributed by atoms with Gasteiger partial charge in [0, 0.05) is 31.7 Å². The average molecular weight is 333 g/mol. The molecule has 2 heterocycles. The van der Waals surface area contributed by atoms with E-state index in [1.54, 1.807) is 0 Å². The van der Waals surface area contributed by atoms with Crippen molar-refractivity contribution in [1.82, 2.24) is 9.80 Å². The van der Waals surface area contributed by atoms with Crippen LogP contribution >= 0.6 is 11.6 Å². The lowest BCUT2D eigenvalue weighted by molar-refractivity contribution is -0.135. The maximum atomic E-state index is 12.8. The van der Waals surface area contributed by atoms with Gasteiger partial charge in [-0.1, -0.05) is 41.9 Å². The second-order valence-electron chi connectivity index (χ2n) is 6.10. The van der Waals surface area contributed by atoms with Crippen LogP contribution in [0.5, 0.6) is 0 Å². The van der Waals surface area contributed by atoms with E-state index in [2.05, 4.69) is 21.9 Å². The Morgan fingerprint density at radius 1 is 1.17 bits per heavy atom. The molecule has 0 spiro atoms. The third kappa shape index (κ3) is 3.46. The molecule has 3 rings (SSSR count). The Morgan fingerprint density at radius 2 is 1.83 bits per heavy atom. The lowest BCUT2D eigenvalue weighted by Crippen LogP contribution is -2.51. The molecule has 0 bridgehead atoms. The first-order chi connectivity index (χ1) is 11.1. The molecule has 0 saturated carbocycles. The van der Waals surface area contributed by atoms with E-state index in [-0.39, 0.29) is 11.9 Å². The summed E-state index contributed by atoms with van der Waals surface area (Å²) < 4.78 is 0. The summed E-state index contributed by atoms with van der Waals surface area (Å²) in [6.07, 6.45) is 0. The predicted molar refractivity (Wildman–Crippen MR) is 93.3 cm³/mol. The second kappa shape index (κ2) is 6.81. The number of rotatable bonds is 2. The zero-order valence-electron chi connectivity index (χ0n) is 13.4. The van der Waals surface area contributed by atoms with E-state index in [0.717, 1.165) is 31.7 Å². The molecule has 1 fully saturated rings. The Kier molecular flexibility index (Phi) is 4.78. The van der Waals surface area contributed by atoms with Crippen molar-refractivity contribution in [3.05, 3.63) is 35.9 Å². The summed E-state index contributed by atoms with van der Waals surface area (Å²) in [5.41, 5.74) is 0.919. The third-order valence-corrected chi connectivity index (χ3v) is 4.71. The van der Waals surface area contributed by atoms with Crippen LogP contribution in [0.4, 0.5) is 0 Å². The van der Waals surface area contributed by atoms with Crippen LogP contribution in [-0.4, -0.2) is 66.0 Å². The standard InChI is InChI=1S/C17H21ClN4O/c1-12-14(17(23)22-10-8-21(2)9-11-22)15(18)20-16(19-12)13-6-4-3-5-7-13/h3-7,12,14H,8-11H2,1-2H3. The average Bonchev–Trinajstić information content (AvgIpc) is 2.55. The Bertz CT molecular complexity index is 635. The number of nitrogens with zero attached hydrogens (tertiary/aromatic N) is 4. The van der Waals surface area contributed by atoms with Crippen molar-refractivity contribution in [3.8, 4) is 0 Å². The summed E-state index contributed by atoms with van der Waals surface area (Å²) in [5.74, 6) is 0.174. The van der Waals surface area contributed by atoms with Crippen molar-refractivity contribution < 1.29 is 4.79 Å². The smallest absolute Gasteiger partial charge is 0.234 e. The van der Waals surface area contributed by atoms with Crippen LogP contribution in [0.15, 0.2) is 40.3 Å². The van der Waals surface area contributed by atoms with Crippen LogP contribution < -0.4 is 0 Å². The number of carbonyl (C=O) groups is 1. The highest BCUT2D eigenvalue weighted by molar-refractivity contribution is 6.68. The Labute approximate surface area is 141 Å². The van der Waals surface area contributed by atoms with Crippen molar-refractivity contribution in [1.29, 1.82) is 0 Å². The molecule has 2 aliphatic heterocycles. The highest BCUT2D eigenvalue weighted by Crippen LogP contribution is 2.23. The fourth-order valence-corrected chi connectivity index (χ4v) is 3.28. The van der Waals surface area contributed by atoms with Gasteiger partial charge in [0.25, 0.3) is 0 Å². The molecule has 1 aromatic carbocycles. The van der Waals surface area contributed by atoms with E-state index in [9.17, 15) is 4.79 Å². The monoisotopic (exact) mass is 332 g/mol. The topological polar surface area (TPSA) is 48.3 Å². The molecule has 0 aliphatic carbocycles. The van der Waals surface area contributed by atoms with Gasteiger partial charge in [0.15, 0.2) is 5.84 Å². The van der Waals surface area contributed by atoms with Crippen LogP contribution in [0.25, 0.3) is 0 Å². The number of halogens is 1. The summed E-state index contributed by atoms with van der Waals surface area (Å²) in [6, 6.07) is 9.51. The van der Waals surface area contributed by atoms with E-state index >= 15 is 0 Å². The summed E-state index contributed by atoms with van der Waals surface area (Å²) >= 11 is 6.38. The van der Waals surface area contributed by atoms with Gasteiger partial charge in [-0.2, -0.15) is 0 Å². The Hall–Kier alpha value is -1.72. The molecule has 122 valence electrons. The predicted octanol–water partition coefficient (Wildman–Crippen LogP) is 1.86. The van der Waals surface area contributed by atoms with Crippen LogP contribution in [-0.2, 0) is 4.79 Å². The van der Waals surface area contributed by atoms with Crippen molar-refractivity contribution in [3.63, 3.8) is 0 Å². The molecule has 0 radical (unpaired) electrons. The van der Waals surface area contributed by atoms with Gasteiger partial charge in [-0.3, -0.25) is 9.79 Å². The number of aliphatic imine (C=N–C) groups is 2. The molecule has 0 N–H and O–H groups in total. The molecular weight excluding hydrogens is 312 g/mol. The maximum absolute atomic E-state index is 12.8. The summed E-state index contributed by atoms with van der Waals surface area (Å²) in [7, 11) is 2.07. The molecule has 1 saturated heterocycles. The Balaban J connectivity index is 1.77.